The Kier molecular flexibility index (Phi) is 1.37. The Balaban J connectivity index is 1.82. The maximum atomic E-state index is 2.37. The van der Waals surface area contributed by atoms with Crippen molar-refractivity contribution in [3.05, 3.63) is 0 Å². The molecule has 1 aliphatic heterocycles. The Bertz CT molecular complexity index is 128. The summed E-state index contributed by atoms with van der Waals surface area (Å²) < 4.78 is 0. The molecule has 0 nitrogen and oxygen atoms in total. The third-order valence-electron chi connectivity index (χ3n) is 3.75. The fourth-order valence-corrected chi connectivity index (χ4v) is 2.61. The molecule has 1 aliphatic carbocycles. The van der Waals surface area contributed by atoms with Gasteiger partial charge in [0, 0.05) is 0 Å². The summed E-state index contributed by atoms with van der Waals surface area (Å²) in [7, 11) is 1.52. The molecule has 10 heavy (non-hydrogen) atoms. The second-order valence-electron chi connectivity index (χ2n) is 4.77. The van der Waals surface area contributed by atoms with Crippen molar-refractivity contribution in [1.29, 1.82) is 0 Å². The van der Waals surface area contributed by atoms with Crippen molar-refractivity contribution >= 4 is 7.28 Å². The highest BCUT2D eigenvalue weighted by Gasteiger charge is 2.48. The summed E-state index contributed by atoms with van der Waals surface area (Å²) in [4.78, 5) is 0. The Hall–Kier alpha value is 0.0649. The van der Waals surface area contributed by atoms with Crippen LogP contribution in [0.4, 0.5) is 0 Å². The lowest BCUT2D eigenvalue weighted by molar-refractivity contribution is 0.0462. The highest BCUT2D eigenvalue weighted by molar-refractivity contribution is 6.40. The molecule has 1 heteroatoms. The fraction of sp³-hybridized carbons (Fsp3) is 1.00. The predicted octanol–water partition coefficient (Wildman–Crippen LogP) is 2.33. The first-order valence-electron chi connectivity index (χ1n) is 4.72. The van der Waals surface area contributed by atoms with Gasteiger partial charge in [-0.15, -0.1) is 0 Å². The molecule has 0 aromatic carbocycles. The topological polar surface area (TPSA) is 0 Å². The SMILES string of the molecule is CC(C)C1CC2(CBC2)C1. The molecule has 0 N–H and O–H groups in total. The monoisotopic (exact) mass is 136 g/mol. The van der Waals surface area contributed by atoms with Gasteiger partial charge in [-0.1, -0.05) is 26.5 Å². The van der Waals surface area contributed by atoms with Crippen LogP contribution in [0, 0.1) is 17.3 Å². The van der Waals surface area contributed by atoms with Gasteiger partial charge in [0.2, 0.25) is 0 Å². The van der Waals surface area contributed by atoms with Gasteiger partial charge >= 0.3 is 0 Å². The molecule has 1 heterocycles. The summed E-state index contributed by atoms with van der Waals surface area (Å²) in [6.07, 6.45) is 6.22. The summed E-state index contributed by atoms with van der Waals surface area (Å²) in [5.41, 5.74) is 0.898. The van der Waals surface area contributed by atoms with E-state index in [1.54, 1.807) is 25.5 Å². The van der Waals surface area contributed by atoms with E-state index in [2.05, 4.69) is 13.8 Å². The first-order valence-corrected chi connectivity index (χ1v) is 4.72. The summed E-state index contributed by atoms with van der Waals surface area (Å²) >= 11 is 0. The highest BCUT2D eigenvalue weighted by atomic mass is 14.5. The zero-order valence-electron chi connectivity index (χ0n) is 7.19. The summed E-state index contributed by atoms with van der Waals surface area (Å²) in [5.74, 6) is 2.03. The molecule has 0 atom stereocenters. The predicted molar refractivity (Wildman–Crippen MR) is 46.8 cm³/mol. The molecular formula is C9H17B. The lowest BCUT2D eigenvalue weighted by Gasteiger charge is -2.55. The van der Waals surface area contributed by atoms with Crippen LogP contribution < -0.4 is 0 Å². The van der Waals surface area contributed by atoms with Crippen molar-refractivity contribution in [1.82, 2.24) is 0 Å². The van der Waals surface area contributed by atoms with Crippen LogP contribution in [0.5, 0.6) is 0 Å². The van der Waals surface area contributed by atoms with E-state index in [1.165, 1.54) is 7.28 Å². The van der Waals surface area contributed by atoms with Crippen LogP contribution in [0.3, 0.4) is 0 Å². The average Bonchev–Trinajstić information content (AvgIpc) is 1.54. The molecular weight excluding hydrogens is 119 g/mol. The Morgan fingerprint density at radius 1 is 1.30 bits per heavy atom. The van der Waals surface area contributed by atoms with Crippen LogP contribution in [-0.4, -0.2) is 7.28 Å². The molecule has 2 rings (SSSR count). The maximum Gasteiger partial charge on any atom is 0.121 e. The van der Waals surface area contributed by atoms with Gasteiger partial charge < -0.3 is 0 Å². The van der Waals surface area contributed by atoms with Gasteiger partial charge in [-0.2, -0.15) is 0 Å². The standard InChI is InChI=1S/C9H17B/c1-7(2)8-3-9(4-8)5-10-6-9/h7-8,10H,3-6H2,1-2H3. The van der Waals surface area contributed by atoms with Gasteiger partial charge in [0.15, 0.2) is 0 Å². The van der Waals surface area contributed by atoms with Crippen LogP contribution in [0.15, 0.2) is 0 Å². The molecule has 2 aliphatic rings. The van der Waals surface area contributed by atoms with Crippen LogP contribution in [0.1, 0.15) is 26.7 Å². The highest BCUT2D eigenvalue weighted by Crippen LogP contribution is 2.58. The lowest BCUT2D eigenvalue weighted by atomic mass is 9.34. The summed E-state index contributed by atoms with van der Waals surface area (Å²) in [5, 5.41) is 0. The molecule has 2 fully saturated rings. The van der Waals surface area contributed by atoms with Crippen molar-refractivity contribution in [2.24, 2.45) is 17.3 Å². The van der Waals surface area contributed by atoms with Crippen LogP contribution >= 0.6 is 0 Å². The zero-order valence-corrected chi connectivity index (χ0v) is 7.19. The quantitative estimate of drug-likeness (QED) is 0.485. The maximum absolute atomic E-state index is 2.37. The lowest BCUT2D eigenvalue weighted by Crippen LogP contribution is -2.46. The average molecular weight is 136 g/mol. The van der Waals surface area contributed by atoms with E-state index in [9.17, 15) is 0 Å². The van der Waals surface area contributed by atoms with Crippen LogP contribution in [-0.2, 0) is 0 Å². The van der Waals surface area contributed by atoms with E-state index >= 15 is 0 Å². The van der Waals surface area contributed by atoms with E-state index < -0.39 is 0 Å². The van der Waals surface area contributed by atoms with Gasteiger partial charge in [-0.05, 0) is 30.1 Å². The first-order chi connectivity index (χ1) is 4.72. The minimum Gasteiger partial charge on any atom is -0.0725 e. The van der Waals surface area contributed by atoms with E-state index in [-0.39, 0.29) is 0 Å². The van der Waals surface area contributed by atoms with Crippen LogP contribution in [0.2, 0.25) is 12.6 Å². The number of rotatable bonds is 1. The molecule has 0 radical (unpaired) electrons. The third kappa shape index (κ3) is 0.827. The Morgan fingerprint density at radius 3 is 2.20 bits per heavy atom. The molecule has 0 bridgehead atoms. The van der Waals surface area contributed by atoms with E-state index in [1.807, 2.05) is 0 Å². The first kappa shape index (κ1) is 6.76. The fourth-order valence-electron chi connectivity index (χ4n) is 2.61. The molecule has 0 aromatic heterocycles. The minimum absolute atomic E-state index is 0.898. The van der Waals surface area contributed by atoms with E-state index in [4.69, 9.17) is 0 Å². The van der Waals surface area contributed by atoms with Crippen LogP contribution in [0.25, 0.3) is 0 Å². The summed E-state index contributed by atoms with van der Waals surface area (Å²) in [6.45, 7) is 4.74. The van der Waals surface area contributed by atoms with Crippen molar-refractivity contribution in [2.75, 3.05) is 0 Å². The van der Waals surface area contributed by atoms with E-state index in [0.717, 1.165) is 17.3 Å². The van der Waals surface area contributed by atoms with Crippen molar-refractivity contribution in [3.63, 3.8) is 0 Å². The second kappa shape index (κ2) is 2.02. The number of hydrogen-bond acceptors (Lipinski definition) is 0. The van der Waals surface area contributed by atoms with E-state index in [0.29, 0.717) is 0 Å². The Labute approximate surface area is 64.6 Å². The zero-order chi connectivity index (χ0) is 7.19. The van der Waals surface area contributed by atoms with Gasteiger partial charge in [0.05, 0.1) is 0 Å². The molecule has 0 aromatic rings. The van der Waals surface area contributed by atoms with Gasteiger partial charge in [0.1, 0.15) is 7.28 Å². The molecule has 1 spiro atoms. The van der Waals surface area contributed by atoms with Crippen molar-refractivity contribution in [2.45, 2.75) is 39.3 Å². The molecule has 0 unspecified atom stereocenters. The Morgan fingerprint density at radius 2 is 1.90 bits per heavy atom. The number of hydrogen-bond donors (Lipinski definition) is 0. The largest absolute Gasteiger partial charge is 0.121 e. The minimum atomic E-state index is 0.898. The van der Waals surface area contributed by atoms with Crippen molar-refractivity contribution < 1.29 is 0 Å². The third-order valence-corrected chi connectivity index (χ3v) is 3.75. The van der Waals surface area contributed by atoms with Gasteiger partial charge in [-0.3, -0.25) is 0 Å². The van der Waals surface area contributed by atoms with Gasteiger partial charge in [-0.25, -0.2) is 0 Å². The molecule has 1 saturated heterocycles. The van der Waals surface area contributed by atoms with Gasteiger partial charge in [0.25, 0.3) is 0 Å². The van der Waals surface area contributed by atoms with Crippen molar-refractivity contribution in [3.8, 4) is 0 Å². The molecule has 1 saturated carbocycles. The summed E-state index contributed by atoms with van der Waals surface area (Å²) in [6, 6.07) is 0. The molecule has 56 valence electrons. The second-order valence-corrected chi connectivity index (χ2v) is 4.77. The smallest absolute Gasteiger partial charge is 0.0725 e. The molecule has 0 amide bonds. The normalized spacial score (nSPS) is 29.5.